The average molecular weight is 341 g/mol. The second kappa shape index (κ2) is 6.40. The minimum absolute atomic E-state index is 0.0243. The molecule has 3 nitrogen and oxygen atoms in total. The Hall–Kier alpha value is -2.13. The molecule has 1 aliphatic heterocycles. The number of carbonyl (C=O) groups excluding carboxylic acids is 1. The molecule has 1 aliphatic rings. The van der Waals surface area contributed by atoms with Crippen molar-refractivity contribution < 1.29 is 4.79 Å². The Balaban J connectivity index is 1.88. The van der Waals surface area contributed by atoms with E-state index in [0.29, 0.717) is 11.4 Å². The number of carbonyl (C=O) groups is 1. The lowest BCUT2D eigenvalue weighted by Gasteiger charge is -2.28. The van der Waals surface area contributed by atoms with Gasteiger partial charge in [0.15, 0.2) is 0 Å². The Bertz CT molecular complexity index is 787. The summed E-state index contributed by atoms with van der Waals surface area (Å²) in [6, 6.07) is 17.6. The van der Waals surface area contributed by atoms with Gasteiger partial charge in [-0.05, 0) is 38.0 Å². The van der Waals surface area contributed by atoms with Crippen molar-refractivity contribution in [2.45, 2.75) is 38.8 Å². The molecule has 0 aromatic heterocycles. The molecule has 1 heterocycles. The van der Waals surface area contributed by atoms with Gasteiger partial charge in [0.2, 0.25) is 0 Å². The predicted octanol–water partition coefficient (Wildman–Crippen LogP) is 4.66. The molecule has 2 aromatic rings. The van der Waals surface area contributed by atoms with Gasteiger partial charge in [-0.15, -0.1) is 0 Å². The second-order valence-corrected chi connectivity index (χ2v) is 6.87. The van der Waals surface area contributed by atoms with Gasteiger partial charge in [-0.1, -0.05) is 60.1 Å². The van der Waals surface area contributed by atoms with Crippen LogP contribution in [0.15, 0.2) is 59.6 Å². The predicted molar refractivity (Wildman–Crippen MR) is 98.4 cm³/mol. The molecule has 4 heteroatoms. The van der Waals surface area contributed by atoms with E-state index >= 15 is 0 Å². The highest BCUT2D eigenvalue weighted by Crippen LogP contribution is 2.34. The molecule has 0 aliphatic carbocycles. The normalized spacial score (nSPS) is 21.8. The molecule has 0 radical (unpaired) electrons. The topological polar surface area (TPSA) is 32.7 Å². The fourth-order valence-electron chi connectivity index (χ4n) is 3.33. The van der Waals surface area contributed by atoms with Crippen LogP contribution >= 0.6 is 11.6 Å². The molecular weight excluding hydrogens is 320 g/mol. The van der Waals surface area contributed by atoms with Crippen molar-refractivity contribution in [1.29, 1.82) is 0 Å². The number of rotatable bonds is 4. The smallest absolute Gasteiger partial charge is 0.256 e. The second-order valence-electron chi connectivity index (χ2n) is 6.46. The molecule has 2 unspecified atom stereocenters. The van der Waals surface area contributed by atoms with Crippen molar-refractivity contribution in [3.05, 3.63) is 70.7 Å². The van der Waals surface area contributed by atoms with Crippen molar-refractivity contribution in [3.63, 3.8) is 0 Å². The summed E-state index contributed by atoms with van der Waals surface area (Å²) in [6.07, 6.45) is 0.501. The summed E-state index contributed by atoms with van der Waals surface area (Å²) in [5.74, 6) is 0.780. The van der Waals surface area contributed by atoms with Crippen LogP contribution in [0.4, 0.5) is 0 Å². The first-order chi connectivity index (χ1) is 11.4. The molecule has 24 heavy (non-hydrogen) atoms. The van der Waals surface area contributed by atoms with Crippen LogP contribution in [0.3, 0.4) is 0 Å². The Labute approximate surface area is 148 Å². The minimum atomic E-state index is -0.807. The number of hydrogen-bond acceptors (Lipinski definition) is 2. The van der Waals surface area contributed by atoms with E-state index in [-0.39, 0.29) is 11.9 Å². The van der Waals surface area contributed by atoms with Crippen molar-refractivity contribution >= 4 is 23.3 Å². The summed E-state index contributed by atoms with van der Waals surface area (Å²) in [4.78, 5) is 19.6. The molecule has 0 saturated heterocycles. The van der Waals surface area contributed by atoms with E-state index in [1.54, 1.807) is 4.90 Å². The average Bonchev–Trinajstić information content (AvgIpc) is 2.79. The zero-order valence-electron chi connectivity index (χ0n) is 14.2. The summed E-state index contributed by atoms with van der Waals surface area (Å²) < 4.78 is 0. The van der Waals surface area contributed by atoms with Gasteiger partial charge in [-0.3, -0.25) is 14.7 Å². The van der Waals surface area contributed by atoms with E-state index in [1.165, 1.54) is 0 Å². The third kappa shape index (κ3) is 2.96. The third-order valence-corrected chi connectivity index (χ3v) is 4.97. The van der Waals surface area contributed by atoms with E-state index in [9.17, 15) is 4.79 Å². The molecule has 3 rings (SSSR count). The molecule has 0 fully saturated rings. The van der Waals surface area contributed by atoms with Crippen LogP contribution in [0.5, 0.6) is 0 Å². The number of amides is 1. The number of halogens is 1. The molecule has 0 spiro atoms. The number of aliphatic imine (C=N–C) groups is 1. The summed E-state index contributed by atoms with van der Waals surface area (Å²) in [7, 11) is 0. The molecule has 0 bridgehead atoms. The largest absolute Gasteiger partial charge is 0.291 e. The standard InChI is InChI=1S/C20H21ClN2O/c1-14(16-9-5-4-6-10-16)23-15(2)22-20(3,19(23)24)13-17-11-7-8-12-18(17)21/h4-12,14H,13H2,1-3H3. The van der Waals surface area contributed by atoms with Crippen LogP contribution < -0.4 is 0 Å². The highest BCUT2D eigenvalue weighted by atomic mass is 35.5. The van der Waals surface area contributed by atoms with Gasteiger partial charge in [0.05, 0.1) is 6.04 Å². The van der Waals surface area contributed by atoms with Crippen LogP contribution in [0.2, 0.25) is 5.02 Å². The molecule has 2 aromatic carbocycles. The Morgan fingerprint density at radius 2 is 1.75 bits per heavy atom. The Morgan fingerprint density at radius 3 is 2.42 bits per heavy atom. The molecule has 1 amide bonds. The van der Waals surface area contributed by atoms with Crippen molar-refractivity contribution in [2.24, 2.45) is 4.99 Å². The minimum Gasteiger partial charge on any atom is -0.291 e. The lowest BCUT2D eigenvalue weighted by Crippen LogP contribution is -2.43. The lowest BCUT2D eigenvalue weighted by molar-refractivity contribution is -0.132. The number of benzene rings is 2. The maximum absolute atomic E-state index is 13.1. The summed E-state index contributed by atoms with van der Waals surface area (Å²) in [5.41, 5.74) is 1.24. The van der Waals surface area contributed by atoms with Crippen LogP contribution in [-0.4, -0.2) is 22.2 Å². The monoisotopic (exact) mass is 340 g/mol. The van der Waals surface area contributed by atoms with Gasteiger partial charge < -0.3 is 0 Å². The molecule has 124 valence electrons. The van der Waals surface area contributed by atoms with E-state index in [0.717, 1.165) is 17.0 Å². The van der Waals surface area contributed by atoms with Crippen LogP contribution in [-0.2, 0) is 11.2 Å². The fourth-order valence-corrected chi connectivity index (χ4v) is 3.53. The number of amidine groups is 1. The van der Waals surface area contributed by atoms with Crippen molar-refractivity contribution in [2.75, 3.05) is 0 Å². The molecule has 0 saturated carbocycles. The zero-order chi connectivity index (χ0) is 17.3. The summed E-state index contributed by atoms with van der Waals surface area (Å²) >= 11 is 6.27. The lowest BCUT2D eigenvalue weighted by atomic mass is 9.92. The number of hydrogen-bond donors (Lipinski definition) is 0. The molecule has 2 atom stereocenters. The first kappa shape index (κ1) is 16.7. The fraction of sp³-hybridized carbons (Fsp3) is 0.300. The van der Waals surface area contributed by atoms with Gasteiger partial charge >= 0.3 is 0 Å². The van der Waals surface area contributed by atoms with Gasteiger partial charge in [0.25, 0.3) is 5.91 Å². The third-order valence-electron chi connectivity index (χ3n) is 4.60. The van der Waals surface area contributed by atoms with Gasteiger partial charge in [-0.25, -0.2) is 0 Å². The quantitative estimate of drug-likeness (QED) is 0.796. The highest BCUT2D eigenvalue weighted by molar-refractivity contribution is 6.31. The van der Waals surface area contributed by atoms with Gasteiger partial charge in [0.1, 0.15) is 11.4 Å². The van der Waals surface area contributed by atoms with E-state index in [2.05, 4.69) is 0 Å². The van der Waals surface area contributed by atoms with E-state index < -0.39 is 5.54 Å². The SMILES string of the molecule is CC1=NC(C)(Cc2ccccc2Cl)C(=O)N1C(C)c1ccccc1. The zero-order valence-corrected chi connectivity index (χ0v) is 14.9. The van der Waals surface area contributed by atoms with Gasteiger partial charge in [-0.2, -0.15) is 0 Å². The van der Waals surface area contributed by atoms with Crippen LogP contribution in [0.1, 0.15) is 37.9 Å². The maximum atomic E-state index is 13.1. The first-order valence-corrected chi connectivity index (χ1v) is 8.48. The van der Waals surface area contributed by atoms with Crippen molar-refractivity contribution in [1.82, 2.24) is 4.90 Å². The van der Waals surface area contributed by atoms with E-state index in [4.69, 9.17) is 16.6 Å². The Kier molecular flexibility index (Phi) is 4.46. The van der Waals surface area contributed by atoms with Gasteiger partial charge in [0, 0.05) is 11.4 Å². The maximum Gasteiger partial charge on any atom is 0.256 e. The van der Waals surface area contributed by atoms with Crippen molar-refractivity contribution in [3.8, 4) is 0 Å². The highest BCUT2D eigenvalue weighted by Gasteiger charge is 2.45. The Morgan fingerprint density at radius 1 is 1.12 bits per heavy atom. The van der Waals surface area contributed by atoms with Crippen LogP contribution in [0, 0.1) is 0 Å². The molecule has 0 N–H and O–H groups in total. The van der Waals surface area contributed by atoms with E-state index in [1.807, 2.05) is 75.4 Å². The molecular formula is C20H21ClN2O. The van der Waals surface area contributed by atoms with Crippen LogP contribution in [0.25, 0.3) is 0 Å². The summed E-state index contributed by atoms with van der Waals surface area (Å²) in [6.45, 7) is 5.82. The first-order valence-electron chi connectivity index (χ1n) is 8.11. The summed E-state index contributed by atoms with van der Waals surface area (Å²) in [5, 5.41) is 0.675. The number of nitrogens with zero attached hydrogens (tertiary/aromatic N) is 2.